The first-order valence-corrected chi connectivity index (χ1v) is 4.87. The quantitative estimate of drug-likeness (QED) is 0.859. The van der Waals surface area contributed by atoms with Gasteiger partial charge in [0.25, 0.3) is 0 Å². The highest BCUT2D eigenvalue weighted by molar-refractivity contribution is 5.85. The average molecular weight is 250 g/mol. The number of nitrogens with two attached hydrogens (primary N) is 1. The highest BCUT2D eigenvalue weighted by Crippen LogP contribution is 2.27. The number of ether oxygens (including phenoxy) is 1. The van der Waals surface area contributed by atoms with Crippen molar-refractivity contribution in [3.05, 3.63) is 29.6 Å². The fourth-order valence-electron chi connectivity index (χ4n) is 1.42. The van der Waals surface area contributed by atoms with E-state index in [0.29, 0.717) is 17.7 Å². The smallest absolute Gasteiger partial charge is 0.126 e. The molecule has 0 aromatic heterocycles. The molecule has 0 saturated heterocycles. The molecule has 16 heavy (non-hydrogen) atoms. The first kappa shape index (κ1) is 15.2. The van der Waals surface area contributed by atoms with Gasteiger partial charge in [-0.05, 0) is 12.5 Å². The van der Waals surface area contributed by atoms with Gasteiger partial charge in [-0.25, -0.2) is 4.39 Å². The fourth-order valence-corrected chi connectivity index (χ4v) is 1.42. The molecule has 1 aromatic rings. The molecule has 3 N–H and O–H groups in total. The second-order valence-electron chi connectivity index (χ2n) is 3.39. The topological polar surface area (TPSA) is 55.5 Å². The van der Waals surface area contributed by atoms with Crippen molar-refractivity contribution in [3.8, 4) is 5.75 Å². The predicted octanol–water partition coefficient (Wildman–Crippen LogP) is 2.03. The maximum absolute atomic E-state index is 12.9. The van der Waals surface area contributed by atoms with Gasteiger partial charge in [-0.3, -0.25) is 0 Å². The zero-order valence-electron chi connectivity index (χ0n) is 9.31. The van der Waals surface area contributed by atoms with Crippen molar-refractivity contribution in [2.45, 2.75) is 25.5 Å². The molecule has 0 aliphatic carbocycles. The number of hydrogen-bond donors (Lipinski definition) is 2. The third-order valence-corrected chi connectivity index (χ3v) is 2.39. The van der Waals surface area contributed by atoms with Crippen LogP contribution < -0.4 is 10.5 Å². The van der Waals surface area contributed by atoms with Gasteiger partial charge < -0.3 is 15.6 Å². The summed E-state index contributed by atoms with van der Waals surface area (Å²) in [5, 5.41) is 9.59. The molecule has 0 bridgehead atoms. The van der Waals surface area contributed by atoms with Gasteiger partial charge in [-0.1, -0.05) is 13.0 Å². The van der Waals surface area contributed by atoms with Crippen molar-refractivity contribution in [1.29, 1.82) is 0 Å². The molecule has 92 valence electrons. The van der Waals surface area contributed by atoms with Crippen LogP contribution >= 0.6 is 12.4 Å². The summed E-state index contributed by atoms with van der Waals surface area (Å²) in [4.78, 5) is 0. The van der Waals surface area contributed by atoms with Crippen LogP contribution in [0.25, 0.3) is 0 Å². The monoisotopic (exact) mass is 249 g/mol. The normalized spacial score (nSPS) is 13.8. The van der Waals surface area contributed by atoms with E-state index in [4.69, 9.17) is 10.5 Å². The maximum atomic E-state index is 12.9. The zero-order valence-corrected chi connectivity index (χ0v) is 10.1. The van der Waals surface area contributed by atoms with Crippen molar-refractivity contribution < 1.29 is 14.2 Å². The molecule has 0 heterocycles. The van der Waals surface area contributed by atoms with E-state index in [-0.39, 0.29) is 18.2 Å². The van der Waals surface area contributed by atoms with Gasteiger partial charge in [0.2, 0.25) is 0 Å². The Hall–Kier alpha value is -0.840. The van der Waals surface area contributed by atoms with E-state index in [2.05, 4.69) is 0 Å². The van der Waals surface area contributed by atoms with Crippen molar-refractivity contribution in [1.82, 2.24) is 0 Å². The first-order valence-electron chi connectivity index (χ1n) is 4.87. The van der Waals surface area contributed by atoms with Crippen LogP contribution in [0.3, 0.4) is 0 Å². The minimum absolute atomic E-state index is 0. The van der Waals surface area contributed by atoms with Gasteiger partial charge in [0.05, 0.1) is 19.3 Å². The Morgan fingerprint density at radius 2 is 2.12 bits per heavy atom. The number of aliphatic hydroxyl groups excluding tert-OH is 1. The summed E-state index contributed by atoms with van der Waals surface area (Å²) in [6.07, 6.45) is -0.105. The lowest BCUT2D eigenvalue weighted by Gasteiger charge is -2.19. The Morgan fingerprint density at radius 3 is 2.62 bits per heavy atom. The van der Waals surface area contributed by atoms with E-state index in [1.54, 1.807) is 0 Å². The van der Waals surface area contributed by atoms with Gasteiger partial charge in [0.15, 0.2) is 0 Å². The maximum Gasteiger partial charge on any atom is 0.126 e. The number of hydrogen-bond acceptors (Lipinski definition) is 3. The van der Waals surface area contributed by atoms with Gasteiger partial charge in [-0.15, -0.1) is 12.4 Å². The van der Waals surface area contributed by atoms with Gasteiger partial charge in [0.1, 0.15) is 11.6 Å². The average Bonchev–Trinajstić information content (AvgIpc) is 2.26. The molecular weight excluding hydrogens is 233 g/mol. The summed E-state index contributed by atoms with van der Waals surface area (Å²) in [7, 11) is 1.45. The van der Waals surface area contributed by atoms with Crippen LogP contribution in [0, 0.1) is 5.82 Å². The summed E-state index contributed by atoms with van der Waals surface area (Å²) >= 11 is 0. The molecule has 1 rings (SSSR count). The van der Waals surface area contributed by atoms with Crippen LogP contribution in [-0.4, -0.2) is 18.3 Å². The first-order chi connectivity index (χ1) is 7.10. The Kier molecular flexibility index (Phi) is 6.33. The van der Waals surface area contributed by atoms with Gasteiger partial charge >= 0.3 is 0 Å². The van der Waals surface area contributed by atoms with Gasteiger partial charge in [-0.2, -0.15) is 0 Å². The number of methoxy groups -OCH3 is 1. The molecule has 0 amide bonds. The summed E-state index contributed by atoms with van der Waals surface area (Å²) in [6.45, 7) is 1.83. The molecule has 2 atom stereocenters. The molecule has 0 radical (unpaired) electrons. The van der Waals surface area contributed by atoms with E-state index in [9.17, 15) is 9.50 Å². The Bertz CT molecular complexity index is 336. The molecule has 1 aromatic carbocycles. The molecular formula is C11H17ClFNO2. The van der Waals surface area contributed by atoms with E-state index in [0.717, 1.165) is 0 Å². The van der Waals surface area contributed by atoms with E-state index >= 15 is 0 Å². The summed E-state index contributed by atoms with van der Waals surface area (Å²) < 4.78 is 17.9. The lowest BCUT2D eigenvalue weighted by Crippen LogP contribution is -2.25. The fraction of sp³-hybridized carbons (Fsp3) is 0.455. The molecule has 0 aliphatic heterocycles. The minimum atomic E-state index is -0.649. The van der Waals surface area contributed by atoms with Crippen LogP contribution in [0.5, 0.6) is 5.75 Å². The van der Waals surface area contributed by atoms with Crippen LogP contribution in [-0.2, 0) is 0 Å². The van der Waals surface area contributed by atoms with E-state index in [1.807, 2.05) is 6.92 Å². The van der Waals surface area contributed by atoms with Crippen LogP contribution in [0.15, 0.2) is 18.2 Å². The van der Waals surface area contributed by atoms with Crippen molar-refractivity contribution in [2.24, 2.45) is 5.73 Å². The largest absolute Gasteiger partial charge is 0.496 e. The highest BCUT2D eigenvalue weighted by Gasteiger charge is 2.19. The van der Waals surface area contributed by atoms with Gasteiger partial charge in [0, 0.05) is 11.6 Å². The molecule has 0 aliphatic rings. The van der Waals surface area contributed by atoms with Crippen LogP contribution in [0.1, 0.15) is 24.9 Å². The number of halogens is 2. The minimum Gasteiger partial charge on any atom is -0.496 e. The molecule has 0 fully saturated rings. The molecule has 0 spiro atoms. The second-order valence-corrected chi connectivity index (χ2v) is 3.39. The Balaban J connectivity index is 0.00000225. The lowest BCUT2D eigenvalue weighted by atomic mass is 10.00. The number of rotatable bonds is 4. The number of aliphatic hydroxyl groups is 1. The Labute approximate surface area is 101 Å². The van der Waals surface area contributed by atoms with Crippen LogP contribution in [0.2, 0.25) is 0 Å². The summed E-state index contributed by atoms with van der Waals surface area (Å²) in [5.41, 5.74) is 6.44. The lowest BCUT2D eigenvalue weighted by molar-refractivity contribution is 0.139. The molecule has 0 saturated carbocycles. The third kappa shape index (κ3) is 3.33. The summed E-state index contributed by atoms with van der Waals surface area (Å²) in [6, 6.07) is 3.56. The standard InChI is InChI=1S/C11H16FNO2.ClH/c1-3-9(14)11(13)8-5-4-7(12)6-10(8)15-2;/h4-6,9,11,14H,3,13H2,1-2H3;1H/t9-,11+;/m1./s1. The highest BCUT2D eigenvalue weighted by atomic mass is 35.5. The van der Waals surface area contributed by atoms with E-state index < -0.39 is 12.1 Å². The molecule has 0 unspecified atom stereocenters. The second kappa shape index (κ2) is 6.68. The SMILES string of the molecule is CC[C@@H](O)[C@@H](N)c1ccc(F)cc1OC.Cl. The zero-order chi connectivity index (χ0) is 11.4. The number of benzene rings is 1. The van der Waals surface area contributed by atoms with Crippen molar-refractivity contribution in [3.63, 3.8) is 0 Å². The Morgan fingerprint density at radius 1 is 1.50 bits per heavy atom. The van der Waals surface area contributed by atoms with Crippen molar-refractivity contribution >= 4 is 12.4 Å². The molecule has 3 nitrogen and oxygen atoms in total. The third-order valence-electron chi connectivity index (χ3n) is 2.39. The van der Waals surface area contributed by atoms with Crippen LogP contribution in [0.4, 0.5) is 4.39 Å². The predicted molar refractivity (Wildman–Crippen MR) is 63.4 cm³/mol. The summed E-state index contributed by atoms with van der Waals surface area (Å²) in [5.74, 6) is -0.0104. The van der Waals surface area contributed by atoms with E-state index in [1.165, 1.54) is 25.3 Å². The van der Waals surface area contributed by atoms with Crippen molar-refractivity contribution in [2.75, 3.05) is 7.11 Å². The molecule has 5 heteroatoms.